The van der Waals surface area contributed by atoms with Gasteiger partial charge in [-0.25, -0.2) is 9.97 Å². The molecule has 0 radical (unpaired) electrons. The van der Waals surface area contributed by atoms with Crippen LogP contribution in [0.5, 0.6) is 0 Å². The van der Waals surface area contributed by atoms with E-state index in [1.54, 1.807) is 31.6 Å². The molecule has 0 saturated carbocycles. The maximum absolute atomic E-state index is 7.81. The first-order chi connectivity index (χ1) is 11.7. The monoisotopic (exact) mass is 320 g/mol. The van der Waals surface area contributed by atoms with Crippen LogP contribution in [0.1, 0.15) is 5.56 Å². The van der Waals surface area contributed by atoms with Crippen molar-refractivity contribution in [1.82, 2.24) is 9.97 Å². The Morgan fingerprint density at radius 3 is 2.71 bits per heavy atom. The largest absolute Gasteiger partial charge is 0.382 e. The normalized spacial score (nSPS) is 11.2. The van der Waals surface area contributed by atoms with Crippen molar-refractivity contribution < 1.29 is 4.74 Å². The Labute approximate surface area is 138 Å². The summed E-state index contributed by atoms with van der Waals surface area (Å²) in [6.45, 7) is 0.237. The molecule has 0 bridgehead atoms. The van der Waals surface area contributed by atoms with E-state index in [1.807, 2.05) is 24.3 Å². The molecule has 0 spiro atoms. The Morgan fingerprint density at radius 2 is 1.96 bits per heavy atom. The van der Waals surface area contributed by atoms with E-state index in [0.29, 0.717) is 28.6 Å². The number of hydrogen-bond acceptors (Lipinski definition) is 7. The molecule has 0 saturated heterocycles. The van der Waals surface area contributed by atoms with Crippen LogP contribution in [-0.2, 0) is 4.74 Å². The third-order valence-corrected chi connectivity index (χ3v) is 3.44. The second-order valence-corrected chi connectivity index (χ2v) is 5.10. The highest BCUT2D eigenvalue weighted by Gasteiger charge is 2.06. The minimum atomic E-state index is 0.237. The highest BCUT2D eigenvalue weighted by molar-refractivity contribution is 5.99. The van der Waals surface area contributed by atoms with Gasteiger partial charge in [-0.15, -0.1) is 10.2 Å². The SMILES string of the molecule is COCC(=N)c1ccc(N=Nc2c(N)ncc3ccccc23)nc1. The van der Waals surface area contributed by atoms with Crippen molar-refractivity contribution in [2.24, 2.45) is 10.2 Å². The number of anilines is 1. The number of hydrogen-bond donors (Lipinski definition) is 2. The predicted molar refractivity (Wildman–Crippen MR) is 93.3 cm³/mol. The molecule has 0 fully saturated rings. The fourth-order valence-corrected chi connectivity index (χ4v) is 2.22. The van der Waals surface area contributed by atoms with Crippen LogP contribution in [0.25, 0.3) is 10.8 Å². The maximum Gasteiger partial charge on any atom is 0.174 e. The zero-order chi connectivity index (χ0) is 16.9. The molecule has 0 atom stereocenters. The van der Waals surface area contributed by atoms with Gasteiger partial charge in [-0.1, -0.05) is 24.3 Å². The van der Waals surface area contributed by atoms with Gasteiger partial charge in [0.05, 0.1) is 12.3 Å². The number of rotatable bonds is 5. The van der Waals surface area contributed by atoms with E-state index in [9.17, 15) is 0 Å². The molecule has 0 aliphatic carbocycles. The molecule has 2 aromatic heterocycles. The minimum Gasteiger partial charge on any atom is -0.382 e. The van der Waals surface area contributed by atoms with E-state index in [2.05, 4.69) is 20.2 Å². The zero-order valence-corrected chi connectivity index (χ0v) is 13.1. The first-order valence-corrected chi connectivity index (χ1v) is 7.27. The lowest BCUT2D eigenvalue weighted by atomic mass is 10.1. The molecule has 0 amide bonds. The van der Waals surface area contributed by atoms with E-state index in [1.165, 1.54) is 0 Å². The summed E-state index contributed by atoms with van der Waals surface area (Å²) < 4.78 is 4.93. The summed E-state index contributed by atoms with van der Waals surface area (Å²) in [4.78, 5) is 8.33. The Balaban J connectivity index is 1.89. The van der Waals surface area contributed by atoms with Crippen LogP contribution in [0.4, 0.5) is 17.3 Å². The Bertz CT molecular complexity index is 905. The molecule has 0 aliphatic heterocycles. The van der Waals surface area contributed by atoms with Crippen molar-refractivity contribution in [2.75, 3.05) is 19.5 Å². The van der Waals surface area contributed by atoms with E-state index in [0.717, 1.165) is 10.8 Å². The average Bonchev–Trinajstić information content (AvgIpc) is 2.61. The van der Waals surface area contributed by atoms with Crippen LogP contribution < -0.4 is 5.73 Å². The summed E-state index contributed by atoms with van der Waals surface area (Å²) in [5.41, 5.74) is 7.48. The van der Waals surface area contributed by atoms with Crippen molar-refractivity contribution in [2.45, 2.75) is 0 Å². The number of nitrogens with two attached hydrogens (primary N) is 1. The molecular weight excluding hydrogens is 304 g/mol. The second kappa shape index (κ2) is 6.93. The molecule has 3 N–H and O–H groups in total. The van der Waals surface area contributed by atoms with Crippen molar-refractivity contribution in [3.63, 3.8) is 0 Å². The Morgan fingerprint density at radius 1 is 1.12 bits per heavy atom. The number of aromatic nitrogens is 2. The summed E-state index contributed by atoms with van der Waals surface area (Å²) in [6.07, 6.45) is 3.28. The molecule has 0 unspecified atom stereocenters. The van der Waals surface area contributed by atoms with Crippen molar-refractivity contribution >= 4 is 33.8 Å². The van der Waals surface area contributed by atoms with Crippen LogP contribution in [0.2, 0.25) is 0 Å². The highest BCUT2D eigenvalue weighted by Crippen LogP contribution is 2.31. The number of nitrogens with zero attached hydrogens (tertiary/aromatic N) is 4. The van der Waals surface area contributed by atoms with Gasteiger partial charge in [-0.3, -0.25) is 0 Å². The topological polar surface area (TPSA) is 110 Å². The predicted octanol–water partition coefficient (Wildman–Crippen LogP) is 3.64. The van der Waals surface area contributed by atoms with Gasteiger partial charge in [0, 0.05) is 35.8 Å². The molecule has 3 rings (SSSR count). The van der Waals surface area contributed by atoms with Gasteiger partial charge in [0.1, 0.15) is 5.69 Å². The number of nitrogen functional groups attached to an aromatic ring is 1. The maximum atomic E-state index is 7.81. The summed E-state index contributed by atoms with van der Waals surface area (Å²) in [7, 11) is 1.55. The molecule has 1 aromatic carbocycles. The van der Waals surface area contributed by atoms with Gasteiger partial charge < -0.3 is 15.9 Å². The van der Waals surface area contributed by atoms with Crippen LogP contribution in [0.15, 0.2) is 59.0 Å². The number of azo groups is 1. The molecule has 7 nitrogen and oxygen atoms in total. The van der Waals surface area contributed by atoms with Gasteiger partial charge >= 0.3 is 0 Å². The minimum absolute atomic E-state index is 0.237. The summed E-state index contributed by atoms with van der Waals surface area (Å²) >= 11 is 0. The molecule has 0 aliphatic rings. The number of pyridine rings is 2. The first kappa shape index (κ1) is 15.7. The number of nitrogens with one attached hydrogen (secondary N) is 1. The van der Waals surface area contributed by atoms with Crippen LogP contribution >= 0.6 is 0 Å². The van der Waals surface area contributed by atoms with E-state index < -0.39 is 0 Å². The summed E-state index contributed by atoms with van der Waals surface area (Å²) in [5.74, 6) is 0.743. The number of benzene rings is 1. The number of ether oxygens (including phenoxy) is 1. The van der Waals surface area contributed by atoms with Gasteiger partial charge in [-0.05, 0) is 12.1 Å². The lowest BCUT2D eigenvalue weighted by Gasteiger charge is -2.04. The average molecular weight is 320 g/mol. The molecule has 7 heteroatoms. The number of fused-ring (bicyclic) bond motifs is 1. The van der Waals surface area contributed by atoms with E-state index in [4.69, 9.17) is 15.9 Å². The van der Waals surface area contributed by atoms with E-state index >= 15 is 0 Å². The zero-order valence-electron chi connectivity index (χ0n) is 13.1. The lowest BCUT2D eigenvalue weighted by molar-refractivity contribution is 0.245. The fraction of sp³-hybridized carbons (Fsp3) is 0.118. The molecular formula is C17H16N6O. The van der Waals surface area contributed by atoms with E-state index in [-0.39, 0.29) is 6.61 Å². The van der Waals surface area contributed by atoms with Gasteiger partial charge in [0.25, 0.3) is 0 Å². The highest BCUT2D eigenvalue weighted by atomic mass is 16.5. The van der Waals surface area contributed by atoms with Crippen LogP contribution in [0.3, 0.4) is 0 Å². The first-order valence-electron chi connectivity index (χ1n) is 7.27. The lowest BCUT2D eigenvalue weighted by Crippen LogP contribution is -2.06. The molecule has 2 heterocycles. The molecule has 120 valence electrons. The molecule has 3 aromatic rings. The molecule has 24 heavy (non-hydrogen) atoms. The standard InChI is InChI=1S/C17H16N6O/c1-24-10-14(18)12-6-7-15(20-9-12)22-23-16-13-5-3-2-4-11(13)8-21-17(16)19/h2-9,18H,10H2,1H3,(H2,19,21). The third-order valence-electron chi connectivity index (χ3n) is 3.44. The third kappa shape index (κ3) is 3.26. The fourth-order valence-electron chi connectivity index (χ4n) is 2.22. The second-order valence-electron chi connectivity index (χ2n) is 5.10. The summed E-state index contributed by atoms with van der Waals surface area (Å²) in [6, 6.07) is 11.1. The van der Waals surface area contributed by atoms with Crippen molar-refractivity contribution in [3.8, 4) is 0 Å². The smallest absolute Gasteiger partial charge is 0.174 e. The van der Waals surface area contributed by atoms with Gasteiger partial charge in [0.15, 0.2) is 11.6 Å². The van der Waals surface area contributed by atoms with Crippen LogP contribution in [-0.4, -0.2) is 29.4 Å². The van der Waals surface area contributed by atoms with Crippen LogP contribution in [0, 0.1) is 5.41 Å². The van der Waals surface area contributed by atoms with Crippen molar-refractivity contribution in [3.05, 3.63) is 54.4 Å². The Hall–Kier alpha value is -3.19. The van der Waals surface area contributed by atoms with Crippen molar-refractivity contribution in [1.29, 1.82) is 5.41 Å². The van der Waals surface area contributed by atoms with Gasteiger partial charge in [0.2, 0.25) is 0 Å². The summed E-state index contributed by atoms with van der Waals surface area (Å²) in [5, 5.41) is 18.0. The quantitative estimate of drug-likeness (QED) is 0.552. The number of methoxy groups -OCH3 is 1. The van der Waals surface area contributed by atoms with Gasteiger partial charge in [-0.2, -0.15) is 0 Å². The Kier molecular flexibility index (Phi) is 4.53.